The highest BCUT2D eigenvalue weighted by Gasteiger charge is 2.01. The lowest BCUT2D eigenvalue weighted by atomic mass is 10.3. The van der Waals surface area contributed by atoms with Gasteiger partial charge in [0, 0.05) is 14.0 Å². The van der Waals surface area contributed by atoms with Gasteiger partial charge in [-0.1, -0.05) is 0 Å². The van der Waals surface area contributed by atoms with Gasteiger partial charge in [-0.25, -0.2) is 4.98 Å². The Morgan fingerprint density at radius 1 is 1.80 bits per heavy atom. The Bertz CT molecular complexity index is 241. The maximum atomic E-state index is 10.7. The van der Waals surface area contributed by atoms with Crippen LogP contribution in [0.3, 0.4) is 0 Å². The van der Waals surface area contributed by atoms with Crippen molar-refractivity contribution >= 4 is 11.7 Å². The van der Waals surface area contributed by atoms with E-state index >= 15 is 0 Å². The van der Waals surface area contributed by atoms with E-state index < -0.39 is 0 Å². The number of H-pyrrole nitrogens is 1. The molecule has 0 atom stereocenters. The van der Waals surface area contributed by atoms with Crippen LogP contribution in [-0.4, -0.2) is 22.8 Å². The molecule has 1 rings (SSSR count). The van der Waals surface area contributed by atoms with Crippen molar-refractivity contribution in [3.8, 4) is 0 Å². The van der Waals surface area contributed by atoms with E-state index in [1.165, 1.54) is 13.1 Å². The van der Waals surface area contributed by atoms with Crippen LogP contribution in [0.1, 0.15) is 17.4 Å². The summed E-state index contributed by atoms with van der Waals surface area (Å²) in [5, 5.41) is 2.78. The lowest BCUT2D eigenvalue weighted by Gasteiger charge is -1.88. The highest BCUT2D eigenvalue weighted by Crippen LogP contribution is 2.00. The van der Waals surface area contributed by atoms with E-state index in [1.807, 2.05) is 0 Å². The van der Waals surface area contributed by atoms with Crippen LogP contribution in [0, 0.1) is 0 Å². The third kappa shape index (κ3) is 1.15. The number of carbonyl (C=O) groups excluding carboxylic acids is 1. The van der Waals surface area contributed by atoms with Crippen LogP contribution in [-0.2, 0) is 0 Å². The van der Waals surface area contributed by atoms with Gasteiger partial charge in [-0.3, -0.25) is 4.79 Å². The molecule has 0 radical (unpaired) electrons. The Hall–Kier alpha value is -1.32. The Kier molecular flexibility index (Phi) is 1.71. The van der Waals surface area contributed by atoms with Gasteiger partial charge in [0.15, 0.2) is 11.7 Å². The van der Waals surface area contributed by atoms with Crippen molar-refractivity contribution in [3.63, 3.8) is 0 Å². The molecule has 54 valence electrons. The minimum absolute atomic E-state index is 0.00556. The molecule has 0 fully saturated rings. The van der Waals surface area contributed by atoms with Gasteiger partial charge in [0.1, 0.15) is 5.69 Å². The zero-order valence-corrected chi connectivity index (χ0v) is 5.93. The average Bonchev–Trinajstić information content (AvgIpc) is 2.34. The summed E-state index contributed by atoms with van der Waals surface area (Å²) in [6.07, 6.45) is 1.51. The third-order valence-corrected chi connectivity index (χ3v) is 1.19. The quantitative estimate of drug-likeness (QED) is 0.591. The van der Waals surface area contributed by atoms with Gasteiger partial charge < -0.3 is 10.3 Å². The van der Waals surface area contributed by atoms with Crippen molar-refractivity contribution in [2.24, 2.45) is 0 Å². The minimum Gasteiger partial charge on any atom is -0.359 e. The summed E-state index contributed by atoms with van der Waals surface area (Å²) in [5.74, 6) is 0.610. The Morgan fingerprint density at radius 2 is 2.50 bits per heavy atom. The first-order valence-electron chi connectivity index (χ1n) is 2.97. The van der Waals surface area contributed by atoms with Gasteiger partial charge in [0.2, 0.25) is 0 Å². The minimum atomic E-state index is -0.00556. The van der Waals surface area contributed by atoms with Crippen molar-refractivity contribution in [2.45, 2.75) is 6.92 Å². The fourth-order valence-electron chi connectivity index (χ4n) is 0.627. The van der Waals surface area contributed by atoms with Gasteiger partial charge in [0.05, 0.1) is 6.20 Å². The highest BCUT2D eigenvalue weighted by molar-refractivity contribution is 5.92. The van der Waals surface area contributed by atoms with E-state index in [-0.39, 0.29) is 5.78 Å². The molecule has 4 heteroatoms. The lowest BCUT2D eigenvalue weighted by Crippen LogP contribution is -1.93. The summed E-state index contributed by atoms with van der Waals surface area (Å²) in [4.78, 5) is 17.3. The largest absolute Gasteiger partial charge is 0.359 e. The molecule has 2 N–H and O–H groups in total. The summed E-state index contributed by atoms with van der Waals surface area (Å²) in [6.45, 7) is 1.49. The smallest absolute Gasteiger partial charge is 0.200 e. The van der Waals surface area contributed by atoms with Crippen molar-refractivity contribution in [1.29, 1.82) is 0 Å². The Balaban J connectivity index is 2.88. The fourth-order valence-corrected chi connectivity index (χ4v) is 0.627. The van der Waals surface area contributed by atoms with E-state index in [0.29, 0.717) is 11.6 Å². The van der Waals surface area contributed by atoms with Gasteiger partial charge in [0.25, 0.3) is 0 Å². The molecule has 1 heterocycles. The highest BCUT2D eigenvalue weighted by atomic mass is 16.1. The molecular formula is C6H9N3O. The molecule has 1 aromatic rings. The summed E-state index contributed by atoms with van der Waals surface area (Å²) in [5.41, 5.74) is 0.532. The molecule has 0 unspecified atom stereocenters. The monoisotopic (exact) mass is 139 g/mol. The number of Topliss-reactive ketones (excluding diaryl/α,β-unsaturated/α-hetero) is 1. The number of imidazole rings is 1. The Morgan fingerprint density at radius 3 is 2.80 bits per heavy atom. The van der Waals surface area contributed by atoms with Crippen LogP contribution in [0.5, 0.6) is 0 Å². The number of ketones is 1. The molecule has 0 aliphatic heterocycles. The van der Waals surface area contributed by atoms with Crippen LogP contribution in [0.15, 0.2) is 6.20 Å². The molecule has 10 heavy (non-hydrogen) atoms. The molecule has 0 saturated heterocycles. The topological polar surface area (TPSA) is 57.8 Å². The normalized spacial score (nSPS) is 9.40. The first kappa shape index (κ1) is 6.80. The SMILES string of the molecule is CNc1ncc(C(C)=O)[nH]1. The van der Waals surface area contributed by atoms with E-state index in [9.17, 15) is 4.79 Å². The number of hydrogen-bond acceptors (Lipinski definition) is 3. The van der Waals surface area contributed by atoms with Crippen LogP contribution >= 0.6 is 0 Å². The predicted molar refractivity (Wildman–Crippen MR) is 38.1 cm³/mol. The predicted octanol–water partition coefficient (Wildman–Crippen LogP) is 0.654. The second kappa shape index (κ2) is 2.51. The lowest BCUT2D eigenvalue weighted by molar-refractivity contribution is 0.101. The van der Waals surface area contributed by atoms with E-state index in [0.717, 1.165) is 0 Å². The number of nitrogens with one attached hydrogen (secondary N) is 2. The van der Waals surface area contributed by atoms with Gasteiger partial charge in [-0.2, -0.15) is 0 Å². The zero-order valence-electron chi connectivity index (χ0n) is 5.93. The molecule has 0 aromatic carbocycles. The van der Waals surface area contributed by atoms with E-state index in [1.54, 1.807) is 7.05 Å². The van der Waals surface area contributed by atoms with Crippen LogP contribution in [0.25, 0.3) is 0 Å². The molecule has 1 aromatic heterocycles. The van der Waals surface area contributed by atoms with E-state index in [4.69, 9.17) is 0 Å². The van der Waals surface area contributed by atoms with Gasteiger partial charge in [-0.15, -0.1) is 0 Å². The molecular weight excluding hydrogens is 130 g/mol. The number of aromatic nitrogens is 2. The van der Waals surface area contributed by atoms with Crippen molar-refractivity contribution in [3.05, 3.63) is 11.9 Å². The number of hydrogen-bond donors (Lipinski definition) is 2. The second-order valence-electron chi connectivity index (χ2n) is 1.95. The van der Waals surface area contributed by atoms with Crippen LogP contribution in [0.4, 0.5) is 5.95 Å². The van der Waals surface area contributed by atoms with Gasteiger partial charge in [-0.05, 0) is 0 Å². The van der Waals surface area contributed by atoms with Crippen LogP contribution in [0.2, 0.25) is 0 Å². The van der Waals surface area contributed by atoms with Crippen molar-refractivity contribution in [2.75, 3.05) is 12.4 Å². The summed E-state index contributed by atoms with van der Waals surface area (Å²) < 4.78 is 0. The first-order valence-corrected chi connectivity index (χ1v) is 2.97. The molecule has 0 bridgehead atoms. The number of carbonyl (C=O) groups is 1. The maximum absolute atomic E-state index is 10.7. The van der Waals surface area contributed by atoms with Crippen molar-refractivity contribution < 1.29 is 4.79 Å². The van der Waals surface area contributed by atoms with Crippen LogP contribution < -0.4 is 5.32 Å². The zero-order chi connectivity index (χ0) is 7.56. The fraction of sp³-hybridized carbons (Fsp3) is 0.333. The Labute approximate surface area is 58.7 Å². The number of anilines is 1. The molecule has 4 nitrogen and oxygen atoms in total. The number of rotatable bonds is 2. The standard InChI is InChI=1S/C6H9N3O/c1-4(10)5-3-8-6(7-2)9-5/h3H,1-2H3,(H2,7,8,9). The van der Waals surface area contributed by atoms with E-state index in [2.05, 4.69) is 15.3 Å². The number of aromatic amines is 1. The molecule has 0 amide bonds. The van der Waals surface area contributed by atoms with Crippen molar-refractivity contribution in [1.82, 2.24) is 9.97 Å². The molecule has 0 spiro atoms. The summed E-state index contributed by atoms with van der Waals surface area (Å²) >= 11 is 0. The summed E-state index contributed by atoms with van der Waals surface area (Å²) in [6, 6.07) is 0. The molecule has 0 aliphatic carbocycles. The average molecular weight is 139 g/mol. The molecule has 0 saturated carbocycles. The maximum Gasteiger partial charge on any atom is 0.200 e. The van der Waals surface area contributed by atoms with Gasteiger partial charge >= 0.3 is 0 Å². The number of nitrogens with zero attached hydrogens (tertiary/aromatic N) is 1. The second-order valence-corrected chi connectivity index (χ2v) is 1.95. The first-order chi connectivity index (χ1) is 4.74. The molecule has 0 aliphatic rings. The third-order valence-electron chi connectivity index (χ3n) is 1.19. The summed E-state index contributed by atoms with van der Waals surface area (Å²) in [7, 11) is 1.74.